The number of amides is 1. The molecule has 1 aromatic carbocycles. The van der Waals surface area contributed by atoms with Gasteiger partial charge in [-0.1, -0.05) is 30.0 Å². The summed E-state index contributed by atoms with van der Waals surface area (Å²) in [6.07, 6.45) is 0. The van der Waals surface area contributed by atoms with Crippen molar-refractivity contribution in [3.8, 4) is 0 Å². The number of pyridine rings is 1. The molecule has 2 aromatic rings. The van der Waals surface area contributed by atoms with Crippen molar-refractivity contribution >= 4 is 28.6 Å². The zero-order valence-corrected chi connectivity index (χ0v) is 11.5. The highest BCUT2D eigenvalue weighted by molar-refractivity contribution is 8.00. The van der Waals surface area contributed by atoms with Crippen molar-refractivity contribution in [3.63, 3.8) is 0 Å². The summed E-state index contributed by atoms with van der Waals surface area (Å²) in [6, 6.07) is 10.1. The summed E-state index contributed by atoms with van der Waals surface area (Å²) in [5, 5.41) is 4.57. The number of aromatic nitrogens is 1. The van der Waals surface area contributed by atoms with Gasteiger partial charge in [0.15, 0.2) is 0 Å². The molecule has 4 heteroatoms. The van der Waals surface area contributed by atoms with E-state index in [2.05, 4.69) is 23.3 Å². The van der Waals surface area contributed by atoms with Gasteiger partial charge in [0.25, 0.3) is 0 Å². The lowest BCUT2D eigenvalue weighted by Crippen LogP contribution is -2.27. The second-order valence-corrected chi connectivity index (χ2v) is 5.53. The standard InChI is InChI=1S/C14H16N2OS/c1-9-8-13(18-10(2)14(17)15-3)16-12-7-5-4-6-11(9)12/h4-8,10H,1-3H3,(H,15,17)/t10-/m0/s1. The summed E-state index contributed by atoms with van der Waals surface area (Å²) in [6.45, 7) is 3.95. The first kappa shape index (κ1) is 12.9. The van der Waals surface area contributed by atoms with Crippen LogP contribution in [0, 0.1) is 6.92 Å². The molecule has 0 saturated heterocycles. The van der Waals surface area contributed by atoms with Crippen LogP contribution in [0.2, 0.25) is 0 Å². The molecule has 0 aliphatic carbocycles. The van der Waals surface area contributed by atoms with Crippen molar-refractivity contribution in [1.82, 2.24) is 10.3 Å². The van der Waals surface area contributed by atoms with Gasteiger partial charge in [0, 0.05) is 12.4 Å². The number of thioether (sulfide) groups is 1. The maximum atomic E-state index is 11.5. The number of carbonyl (C=O) groups is 1. The largest absolute Gasteiger partial charge is 0.358 e. The van der Waals surface area contributed by atoms with Crippen molar-refractivity contribution in [1.29, 1.82) is 0 Å². The van der Waals surface area contributed by atoms with Crippen LogP contribution in [-0.2, 0) is 4.79 Å². The van der Waals surface area contributed by atoms with Gasteiger partial charge in [0.05, 0.1) is 15.8 Å². The normalized spacial score (nSPS) is 12.4. The van der Waals surface area contributed by atoms with Gasteiger partial charge in [-0.2, -0.15) is 0 Å². The van der Waals surface area contributed by atoms with Gasteiger partial charge in [-0.15, -0.1) is 0 Å². The molecule has 18 heavy (non-hydrogen) atoms. The van der Waals surface area contributed by atoms with Gasteiger partial charge in [0.1, 0.15) is 0 Å². The number of rotatable bonds is 3. The predicted molar refractivity (Wildman–Crippen MR) is 75.9 cm³/mol. The molecular weight excluding hydrogens is 244 g/mol. The van der Waals surface area contributed by atoms with Crippen LogP contribution in [0.5, 0.6) is 0 Å². The SMILES string of the molecule is CNC(=O)[C@H](C)Sc1cc(C)c2ccccc2n1. The maximum absolute atomic E-state index is 11.5. The molecule has 94 valence electrons. The molecule has 1 N–H and O–H groups in total. The van der Waals surface area contributed by atoms with Crippen LogP contribution in [0.4, 0.5) is 0 Å². The first-order chi connectivity index (χ1) is 8.61. The average Bonchev–Trinajstić information content (AvgIpc) is 2.37. The minimum atomic E-state index is -0.136. The summed E-state index contributed by atoms with van der Waals surface area (Å²) in [4.78, 5) is 16.1. The highest BCUT2D eigenvalue weighted by Crippen LogP contribution is 2.26. The Labute approximate surface area is 111 Å². The van der Waals surface area contributed by atoms with Gasteiger partial charge in [-0.3, -0.25) is 4.79 Å². The summed E-state index contributed by atoms with van der Waals surface area (Å²) in [7, 11) is 1.65. The Morgan fingerprint density at radius 3 is 2.83 bits per heavy atom. The van der Waals surface area contributed by atoms with E-state index < -0.39 is 0 Å². The van der Waals surface area contributed by atoms with Crippen molar-refractivity contribution in [2.75, 3.05) is 7.05 Å². The van der Waals surface area contributed by atoms with E-state index >= 15 is 0 Å². The number of fused-ring (bicyclic) bond motifs is 1. The van der Waals surface area contributed by atoms with Crippen molar-refractivity contribution in [3.05, 3.63) is 35.9 Å². The molecule has 0 spiro atoms. The molecule has 0 aliphatic rings. The van der Waals surface area contributed by atoms with Crippen LogP contribution >= 0.6 is 11.8 Å². The minimum Gasteiger partial charge on any atom is -0.358 e. The highest BCUT2D eigenvalue weighted by Gasteiger charge is 2.14. The summed E-state index contributed by atoms with van der Waals surface area (Å²) in [5.41, 5.74) is 2.16. The molecule has 0 saturated carbocycles. The fraction of sp³-hybridized carbons (Fsp3) is 0.286. The zero-order chi connectivity index (χ0) is 13.1. The number of nitrogens with one attached hydrogen (secondary N) is 1. The van der Waals surface area contributed by atoms with Crippen molar-refractivity contribution in [2.45, 2.75) is 24.1 Å². The fourth-order valence-corrected chi connectivity index (χ4v) is 2.80. The molecule has 1 aromatic heterocycles. The third kappa shape index (κ3) is 2.64. The molecule has 1 amide bonds. The molecule has 3 nitrogen and oxygen atoms in total. The number of hydrogen-bond donors (Lipinski definition) is 1. The van der Waals surface area contributed by atoms with Gasteiger partial charge in [-0.05, 0) is 31.5 Å². The first-order valence-electron chi connectivity index (χ1n) is 5.86. The van der Waals surface area contributed by atoms with Crippen LogP contribution in [-0.4, -0.2) is 23.2 Å². The van der Waals surface area contributed by atoms with E-state index in [-0.39, 0.29) is 11.2 Å². The average molecular weight is 260 g/mol. The minimum absolute atomic E-state index is 0.0209. The lowest BCUT2D eigenvalue weighted by atomic mass is 10.1. The third-order valence-corrected chi connectivity index (χ3v) is 3.83. The van der Waals surface area contributed by atoms with Crippen LogP contribution in [0.15, 0.2) is 35.4 Å². The second-order valence-electron chi connectivity index (χ2n) is 4.17. The third-order valence-electron chi connectivity index (χ3n) is 2.81. The molecule has 0 unspecified atom stereocenters. The lowest BCUT2D eigenvalue weighted by Gasteiger charge is -2.10. The Hall–Kier alpha value is -1.55. The molecule has 0 radical (unpaired) electrons. The molecular formula is C14H16N2OS. The zero-order valence-electron chi connectivity index (χ0n) is 10.7. The summed E-state index contributed by atoms with van der Waals surface area (Å²) in [5.74, 6) is 0.0209. The Morgan fingerprint density at radius 2 is 2.11 bits per heavy atom. The molecule has 0 aliphatic heterocycles. The number of hydrogen-bond acceptors (Lipinski definition) is 3. The molecule has 0 fully saturated rings. The van der Waals surface area contributed by atoms with E-state index in [9.17, 15) is 4.79 Å². The monoisotopic (exact) mass is 260 g/mol. The molecule has 1 heterocycles. The lowest BCUT2D eigenvalue weighted by molar-refractivity contribution is -0.119. The Morgan fingerprint density at radius 1 is 1.39 bits per heavy atom. The Bertz CT molecular complexity index is 583. The number of benzene rings is 1. The fourth-order valence-electron chi connectivity index (χ4n) is 1.82. The number of aryl methyl sites for hydroxylation is 1. The molecule has 0 bridgehead atoms. The van der Waals surface area contributed by atoms with E-state index in [1.807, 2.05) is 31.2 Å². The van der Waals surface area contributed by atoms with Crippen LogP contribution in [0.25, 0.3) is 10.9 Å². The van der Waals surface area contributed by atoms with Gasteiger partial charge in [-0.25, -0.2) is 4.98 Å². The topological polar surface area (TPSA) is 42.0 Å². The molecule has 2 rings (SSSR count). The number of para-hydroxylation sites is 1. The van der Waals surface area contributed by atoms with Gasteiger partial charge < -0.3 is 5.32 Å². The number of carbonyl (C=O) groups excluding carboxylic acids is 1. The van der Waals surface area contributed by atoms with Crippen LogP contribution in [0.1, 0.15) is 12.5 Å². The Kier molecular flexibility index (Phi) is 3.87. The highest BCUT2D eigenvalue weighted by atomic mass is 32.2. The van der Waals surface area contributed by atoms with Crippen molar-refractivity contribution < 1.29 is 4.79 Å². The quantitative estimate of drug-likeness (QED) is 0.863. The smallest absolute Gasteiger partial charge is 0.233 e. The molecule has 1 atom stereocenters. The van der Waals surface area contributed by atoms with E-state index in [1.165, 1.54) is 17.3 Å². The van der Waals surface area contributed by atoms with Gasteiger partial charge in [0.2, 0.25) is 5.91 Å². The first-order valence-corrected chi connectivity index (χ1v) is 6.74. The van der Waals surface area contributed by atoms with Crippen LogP contribution < -0.4 is 5.32 Å². The summed E-state index contributed by atoms with van der Waals surface area (Å²) >= 11 is 1.48. The van der Waals surface area contributed by atoms with E-state index in [0.29, 0.717) is 0 Å². The Balaban J connectivity index is 2.32. The van der Waals surface area contributed by atoms with E-state index in [0.717, 1.165) is 15.9 Å². The van der Waals surface area contributed by atoms with E-state index in [4.69, 9.17) is 0 Å². The van der Waals surface area contributed by atoms with E-state index in [1.54, 1.807) is 7.05 Å². The maximum Gasteiger partial charge on any atom is 0.233 e. The van der Waals surface area contributed by atoms with Gasteiger partial charge >= 0.3 is 0 Å². The predicted octanol–water partition coefficient (Wildman–Crippen LogP) is 2.77. The van der Waals surface area contributed by atoms with Crippen LogP contribution in [0.3, 0.4) is 0 Å². The summed E-state index contributed by atoms with van der Waals surface area (Å²) < 4.78 is 0. The van der Waals surface area contributed by atoms with Crippen molar-refractivity contribution in [2.24, 2.45) is 0 Å². The second kappa shape index (κ2) is 5.40. The number of nitrogens with zero attached hydrogens (tertiary/aromatic N) is 1.